The molecule has 1 N–H and O–H groups in total. The van der Waals surface area contributed by atoms with Gasteiger partial charge in [-0.1, -0.05) is 12.1 Å². The van der Waals surface area contributed by atoms with Crippen molar-refractivity contribution in [2.45, 2.75) is 33.7 Å². The molecule has 0 saturated heterocycles. The summed E-state index contributed by atoms with van der Waals surface area (Å²) in [6.07, 6.45) is 0. The van der Waals surface area contributed by atoms with Crippen molar-refractivity contribution >= 4 is 0 Å². The van der Waals surface area contributed by atoms with Crippen LogP contribution in [0.2, 0.25) is 0 Å². The van der Waals surface area contributed by atoms with Gasteiger partial charge in [0.1, 0.15) is 17.3 Å². The number of halogens is 1. The second-order valence-corrected chi connectivity index (χ2v) is 4.98. The van der Waals surface area contributed by atoms with Crippen molar-refractivity contribution in [3.8, 4) is 0 Å². The van der Waals surface area contributed by atoms with Crippen LogP contribution in [0.3, 0.4) is 0 Å². The highest BCUT2D eigenvalue weighted by molar-refractivity contribution is 5.41. The summed E-state index contributed by atoms with van der Waals surface area (Å²) in [6.45, 7) is 7.78. The molecule has 0 fully saturated rings. The lowest BCUT2D eigenvalue weighted by atomic mass is 9.94. The number of nitrogens with one attached hydrogen (secondary N) is 1. The van der Waals surface area contributed by atoms with Crippen LogP contribution in [0.25, 0.3) is 0 Å². The molecule has 1 atom stereocenters. The highest BCUT2D eigenvalue weighted by Gasteiger charge is 2.21. The van der Waals surface area contributed by atoms with Gasteiger partial charge in [-0.3, -0.25) is 0 Å². The summed E-state index contributed by atoms with van der Waals surface area (Å²) in [5.41, 5.74) is 4.01. The maximum absolute atomic E-state index is 13.4. The molecule has 0 saturated carbocycles. The van der Waals surface area contributed by atoms with Crippen molar-refractivity contribution in [2.24, 2.45) is 0 Å². The maximum atomic E-state index is 13.4. The van der Waals surface area contributed by atoms with Crippen LogP contribution >= 0.6 is 0 Å². The predicted molar refractivity (Wildman–Crippen MR) is 75.0 cm³/mol. The van der Waals surface area contributed by atoms with Gasteiger partial charge in [0.05, 0.1) is 6.04 Å². The van der Waals surface area contributed by atoms with Crippen molar-refractivity contribution in [3.63, 3.8) is 0 Å². The fourth-order valence-corrected chi connectivity index (χ4v) is 2.56. The topological polar surface area (TPSA) is 25.2 Å². The summed E-state index contributed by atoms with van der Waals surface area (Å²) < 4.78 is 19.1. The minimum atomic E-state index is -0.171. The van der Waals surface area contributed by atoms with Crippen LogP contribution in [0.1, 0.15) is 39.8 Å². The monoisotopic (exact) mass is 261 g/mol. The first-order valence-corrected chi connectivity index (χ1v) is 6.45. The van der Waals surface area contributed by atoms with Crippen molar-refractivity contribution in [3.05, 3.63) is 57.8 Å². The van der Waals surface area contributed by atoms with E-state index in [1.54, 1.807) is 6.92 Å². The lowest BCUT2D eigenvalue weighted by Crippen LogP contribution is -2.19. The molecule has 2 aromatic rings. The second-order valence-electron chi connectivity index (χ2n) is 4.98. The number of hydrogen-bond acceptors (Lipinski definition) is 2. The van der Waals surface area contributed by atoms with Gasteiger partial charge in [0.2, 0.25) is 0 Å². The maximum Gasteiger partial charge on any atom is 0.126 e. The summed E-state index contributed by atoms with van der Waals surface area (Å²) in [6, 6.07) is 5.26. The molecule has 1 unspecified atom stereocenters. The number of furan rings is 1. The Morgan fingerprint density at radius 3 is 2.26 bits per heavy atom. The van der Waals surface area contributed by atoms with E-state index in [2.05, 4.69) is 12.2 Å². The zero-order valence-electron chi connectivity index (χ0n) is 12.1. The standard InChI is InChI=1S/C16H20FNO/c1-9-8-13(6-7-14(9)17)16(18-5)15-10(2)11(3)19-12(15)4/h6-8,16,18H,1-5H3. The normalized spacial score (nSPS) is 12.7. The second kappa shape index (κ2) is 5.17. The summed E-state index contributed by atoms with van der Waals surface area (Å²) >= 11 is 0. The molecule has 1 heterocycles. The quantitative estimate of drug-likeness (QED) is 0.904. The smallest absolute Gasteiger partial charge is 0.126 e. The summed E-state index contributed by atoms with van der Waals surface area (Å²) in [7, 11) is 1.91. The third kappa shape index (κ3) is 2.43. The van der Waals surface area contributed by atoms with Crippen LogP contribution in [0.5, 0.6) is 0 Å². The first-order chi connectivity index (χ1) is 8.95. The Morgan fingerprint density at radius 2 is 1.79 bits per heavy atom. The molecular weight excluding hydrogens is 241 g/mol. The summed E-state index contributed by atoms with van der Waals surface area (Å²) in [5, 5.41) is 3.29. The molecule has 3 heteroatoms. The lowest BCUT2D eigenvalue weighted by Gasteiger charge is -2.18. The highest BCUT2D eigenvalue weighted by Crippen LogP contribution is 2.31. The average Bonchev–Trinajstić information content (AvgIpc) is 2.61. The molecule has 2 nitrogen and oxygen atoms in total. The van der Waals surface area contributed by atoms with E-state index in [4.69, 9.17) is 4.42 Å². The molecule has 2 rings (SSSR count). The molecule has 1 aromatic carbocycles. The molecule has 1 aromatic heterocycles. The molecule has 0 aliphatic carbocycles. The first kappa shape index (κ1) is 13.8. The lowest BCUT2D eigenvalue weighted by molar-refractivity contribution is 0.495. The Kier molecular flexibility index (Phi) is 3.76. The van der Waals surface area contributed by atoms with Crippen LogP contribution in [-0.4, -0.2) is 7.05 Å². The Labute approximate surface area is 113 Å². The van der Waals surface area contributed by atoms with Crippen LogP contribution in [-0.2, 0) is 0 Å². The number of benzene rings is 1. The van der Waals surface area contributed by atoms with E-state index in [-0.39, 0.29) is 11.9 Å². The molecular formula is C16H20FNO. The van der Waals surface area contributed by atoms with E-state index < -0.39 is 0 Å². The third-order valence-electron chi connectivity index (χ3n) is 3.71. The van der Waals surface area contributed by atoms with Gasteiger partial charge < -0.3 is 9.73 Å². The van der Waals surface area contributed by atoms with E-state index in [9.17, 15) is 4.39 Å². The summed E-state index contributed by atoms with van der Waals surface area (Å²) in [4.78, 5) is 0. The van der Waals surface area contributed by atoms with Crippen molar-refractivity contribution in [2.75, 3.05) is 7.05 Å². The van der Waals surface area contributed by atoms with Crippen molar-refractivity contribution < 1.29 is 8.81 Å². The van der Waals surface area contributed by atoms with Crippen LogP contribution in [0.15, 0.2) is 22.6 Å². The Bertz CT molecular complexity index is 601. The molecule has 0 bridgehead atoms. The van der Waals surface area contributed by atoms with Gasteiger partial charge in [0.25, 0.3) is 0 Å². The Hall–Kier alpha value is -1.61. The van der Waals surface area contributed by atoms with Gasteiger partial charge in [0.15, 0.2) is 0 Å². The minimum Gasteiger partial charge on any atom is -0.466 e. The van der Waals surface area contributed by atoms with Gasteiger partial charge in [-0.2, -0.15) is 0 Å². The molecule has 0 aliphatic rings. The van der Waals surface area contributed by atoms with Crippen LogP contribution in [0.4, 0.5) is 4.39 Å². The van der Waals surface area contributed by atoms with Gasteiger partial charge in [-0.15, -0.1) is 0 Å². The highest BCUT2D eigenvalue weighted by atomic mass is 19.1. The van der Waals surface area contributed by atoms with Gasteiger partial charge in [-0.25, -0.2) is 4.39 Å². The largest absolute Gasteiger partial charge is 0.466 e. The predicted octanol–water partition coefficient (Wildman–Crippen LogP) is 3.96. The number of hydrogen-bond donors (Lipinski definition) is 1. The minimum absolute atomic E-state index is 0.0248. The van der Waals surface area contributed by atoms with E-state index >= 15 is 0 Å². The summed E-state index contributed by atoms with van der Waals surface area (Å²) in [5.74, 6) is 1.68. The molecule has 102 valence electrons. The number of aryl methyl sites for hydroxylation is 3. The van der Waals surface area contributed by atoms with E-state index in [0.717, 1.165) is 28.2 Å². The fourth-order valence-electron chi connectivity index (χ4n) is 2.56. The third-order valence-corrected chi connectivity index (χ3v) is 3.71. The van der Waals surface area contributed by atoms with Crippen LogP contribution in [0, 0.1) is 33.5 Å². The van der Waals surface area contributed by atoms with E-state index in [1.807, 2.05) is 33.0 Å². The molecule has 0 aliphatic heterocycles. The fraction of sp³-hybridized carbons (Fsp3) is 0.375. The number of rotatable bonds is 3. The zero-order chi connectivity index (χ0) is 14.2. The average molecular weight is 261 g/mol. The molecule has 0 spiro atoms. The van der Waals surface area contributed by atoms with Gasteiger partial charge >= 0.3 is 0 Å². The Morgan fingerprint density at radius 1 is 1.11 bits per heavy atom. The zero-order valence-corrected chi connectivity index (χ0v) is 12.1. The van der Waals surface area contributed by atoms with E-state index in [1.165, 1.54) is 6.07 Å². The first-order valence-electron chi connectivity index (χ1n) is 6.45. The SMILES string of the molecule is CNC(c1ccc(F)c(C)c1)c1c(C)oc(C)c1C. The van der Waals surface area contributed by atoms with Gasteiger partial charge in [-0.05, 0) is 57.5 Å². The molecule has 19 heavy (non-hydrogen) atoms. The molecule has 0 radical (unpaired) electrons. The Balaban J connectivity index is 2.52. The van der Waals surface area contributed by atoms with Crippen molar-refractivity contribution in [1.29, 1.82) is 0 Å². The van der Waals surface area contributed by atoms with Crippen molar-refractivity contribution in [1.82, 2.24) is 5.32 Å². The van der Waals surface area contributed by atoms with Gasteiger partial charge in [0, 0.05) is 5.56 Å². The van der Waals surface area contributed by atoms with Crippen LogP contribution < -0.4 is 5.32 Å². The van der Waals surface area contributed by atoms with E-state index in [0.29, 0.717) is 5.56 Å². The molecule has 0 amide bonds.